The number of hydrogen-bond donors (Lipinski definition) is 0. The van der Waals surface area contributed by atoms with Crippen LogP contribution in [0.2, 0.25) is 0 Å². The van der Waals surface area contributed by atoms with Gasteiger partial charge in [-0.1, -0.05) is 63.3 Å². The van der Waals surface area contributed by atoms with Crippen LogP contribution in [0, 0.1) is 6.92 Å². The quantitative estimate of drug-likeness (QED) is 0.119. The van der Waals surface area contributed by atoms with Gasteiger partial charge < -0.3 is 14.7 Å². The van der Waals surface area contributed by atoms with Gasteiger partial charge in [-0.3, -0.25) is 4.79 Å². The summed E-state index contributed by atoms with van der Waals surface area (Å²) in [6, 6.07) is 8.01. The lowest BCUT2D eigenvalue weighted by atomic mass is 9.89. The van der Waals surface area contributed by atoms with E-state index in [1.165, 1.54) is 44.9 Å². The maximum Gasteiger partial charge on any atom is 0.266 e. The fourth-order valence-electron chi connectivity index (χ4n) is 6.55. The number of aromatic nitrogens is 2. The van der Waals surface area contributed by atoms with E-state index >= 15 is 0 Å². The lowest BCUT2D eigenvalue weighted by Crippen LogP contribution is -2.37. The Morgan fingerprint density at radius 3 is 2.32 bits per heavy atom. The molecule has 47 heavy (non-hydrogen) atoms. The molecule has 8 heteroatoms. The van der Waals surface area contributed by atoms with Gasteiger partial charge in [0.1, 0.15) is 17.5 Å². The Labute approximate surface area is 282 Å². The van der Waals surface area contributed by atoms with Gasteiger partial charge in [0.15, 0.2) is 0 Å². The second-order valence-corrected chi connectivity index (χ2v) is 13.5. The van der Waals surface area contributed by atoms with Gasteiger partial charge in [0.25, 0.3) is 5.92 Å². The van der Waals surface area contributed by atoms with Crippen LogP contribution in [0.5, 0.6) is 0 Å². The third kappa shape index (κ3) is 12.0. The molecule has 2 saturated heterocycles. The van der Waals surface area contributed by atoms with Crippen molar-refractivity contribution in [3.63, 3.8) is 0 Å². The molecule has 0 aliphatic carbocycles. The van der Waals surface area contributed by atoms with Crippen LogP contribution in [0.15, 0.2) is 54.8 Å². The molecule has 0 aromatic carbocycles. The van der Waals surface area contributed by atoms with Gasteiger partial charge in [-0.25, -0.2) is 18.7 Å². The number of unbranched alkanes of at least 4 members (excludes halogenated alkanes) is 8. The minimum Gasteiger partial charge on any atom is -0.350 e. The molecule has 2 aliphatic heterocycles. The molecule has 2 aliphatic rings. The second-order valence-electron chi connectivity index (χ2n) is 13.5. The maximum absolute atomic E-state index is 14.2. The molecule has 2 aromatic heterocycles. The first kappa shape index (κ1) is 36.5. The van der Waals surface area contributed by atoms with Crippen molar-refractivity contribution in [2.24, 2.45) is 0 Å². The van der Waals surface area contributed by atoms with E-state index in [1.54, 1.807) is 11.1 Å². The van der Waals surface area contributed by atoms with Gasteiger partial charge in [0, 0.05) is 45.7 Å². The number of aryl methyl sites for hydroxylation is 1. The summed E-state index contributed by atoms with van der Waals surface area (Å²) >= 11 is 0. The monoisotopic (exact) mass is 649 g/mol. The number of rotatable bonds is 18. The minimum atomic E-state index is -2.70. The lowest BCUT2D eigenvalue weighted by molar-refractivity contribution is -0.132. The van der Waals surface area contributed by atoms with Gasteiger partial charge in [-0.05, 0) is 99.6 Å². The first-order valence-corrected chi connectivity index (χ1v) is 18.1. The number of likely N-dealkylation sites (tertiary alicyclic amines) is 1. The van der Waals surface area contributed by atoms with Crippen molar-refractivity contribution in [1.82, 2.24) is 14.9 Å². The Morgan fingerprint density at radius 2 is 1.64 bits per heavy atom. The summed E-state index contributed by atoms with van der Waals surface area (Å²) in [4.78, 5) is 28.0. The van der Waals surface area contributed by atoms with Gasteiger partial charge in [0.05, 0.1) is 6.54 Å². The fourth-order valence-corrected chi connectivity index (χ4v) is 6.55. The third-order valence-corrected chi connectivity index (χ3v) is 9.56. The number of carbonyl (C=O) groups is 1. The zero-order valence-corrected chi connectivity index (χ0v) is 29.1. The summed E-state index contributed by atoms with van der Waals surface area (Å²) in [6.45, 7) is 5.70. The van der Waals surface area contributed by atoms with Crippen molar-refractivity contribution in [3.8, 4) is 0 Å². The van der Waals surface area contributed by atoms with Gasteiger partial charge >= 0.3 is 0 Å². The summed E-state index contributed by atoms with van der Waals surface area (Å²) in [6.07, 6.45) is 26.1. The number of piperidine rings is 1. The SMILES string of the molecule is CCCCC/C=C/C/C=C/CCCCCCCC(=O)N1CCC(c2cc(N3CCC(F)(F)C3)nc(N(C)c3cc(C)ccn3)c2)CC1. The number of pyridine rings is 2. The summed E-state index contributed by atoms with van der Waals surface area (Å²) < 4.78 is 28.3. The van der Waals surface area contributed by atoms with E-state index < -0.39 is 5.92 Å². The van der Waals surface area contributed by atoms with Crippen molar-refractivity contribution in [2.45, 2.75) is 122 Å². The highest BCUT2D eigenvalue weighted by atomic mass is 19.3. The molecule has 2 aromatic rings. The van der Waals surface area contributed by atoms with Crippen LogP contribution in [0.25, 0.3) is 0 Å². The van der Waals surface area contributed by atoms with E-state index in [9.17, 15) is 13.6 Å². The topological polar surface area (TPSA) is 52.6 Å². The minimum absolute atomic E-state index is 0.154. The zero-order valence-electron chi connectivity index (χ0n) is 29.1. The molecule has 0 atom stereocenters. The van der Waals surface area contributed by atoms with Crippen LogP contribution in [0.1, 0.15) is 120 Å². The maximum atomic E-state index is 14.2. The van der Waals surface area contributed by atoms with E-state index in [0.717, 1.165) is 68.6 Å². The Bertz CT molecular complexity index is 1300. The van der Waals surface area contributed by atoms with Crippen LogP contribution in [-0.4, -0.2) is 59.9 Å². The summed E-state index contributed by atoms with van der Waals surface area (Å²) in [5, 5.41) is 0. The van der Waals surface area contributed by atoms with E-state index in [-0.39, 0.29) is 31.3 Å². The van der Waals surface area contributed by atoms with Crippen molar-refractivity contribution < 1.29 is 13.6 Å². The van der Waals surface area contributed by atoms with Crippen molar-refractivity contribution in [3.05, 3.63) is 65.9 Å². The van der Waals surface area contributed by atoms with Crippen LogP contribution < -0.4 is 9.80 Å². The molecule has 0 saturated carbocycles. The number of anilines is 3. The van der Waals surface area contributed by atoms with E-state index in [0.29, 0.717) is 18.1 Å². The first-order valence-electron chi connectivity index (χ1n) is 18.1. The molecular weight excluding hydrogens is 592 g/mol. The highest BCUT2D eigenvalue weighted by Gasteiger charge is 2.39. The number of halogens is 2. The fraction of sp³-hybridized carbons (Fsp3) is 0.615. The molecule has 0 unspecified atom stereocenters. The van der Waals surface area contributed by atoms with Crippen molar-refractivity contribution in [1.29, 1.82) is 0 Å². The van der Waals surface area contributed by atoms with Crippen molar-refractivity contribution in [2.75, 3.05) is 43.0 Å². The Kier molecular flexibility index (Phi) is 14.7. The van der Waals surface area contributed by atoms with Crippen molar-refractivity contribution >= 4 is 23.4 Å². The first-order chi connectivity index (χ1) is 22.8. The predicted molar refractivity (Wildman–Crippen MR) is 191 cm³/mol. The Balaban J connectivity index is 1.20. The Hall–Kier alpha value is -3.29. The zero-order chi connectivity index (χ0) is 33.5. The molecule has 2 fully saturated rings. The number of hydrogen-bond acceptors (Lipinski definition) is 5. The largest absolute Gasteiger partial charge is 0.350 e. The lowest BCUT2D eigenvalue weighted by Gasteiger charge is -2.33. The second kappa shape index (κ2) is 18.9. The molecule has 0 spiro atoms. The van der Waals surface area contributed by atoms with Gasteiger partial charge in [-0.15, -0.1) is 0 Å². The molecule has 0 N–H and O–H groups in total. The molecule has 4 rings (SSSR count). The average molecular weight is 650 g/mol. The van der Waals surface area contributed by atoms with E-state index in [4.69, 9.17) is 4.98 Å². The van der Waals surface area contributed by atoms with Crippen LogP contribution in [-0.2, 0) is 4.79 Å². The third-order valence-electron chi connectivity index (χ3n) is 9.56. The van der Waals surface area contributed by atoms with E-state index in [1.807, 2.05) is 42.0 Å². The molecule has 258 valence electrons. The van der Waals surface area contributed by atoms with Gasteiger partial charge in [-0.2, -0.15) is 0 Å². The summed E-state index contributed by atoms with van der Waals surface area (Å²) in [7, 11) is 1.92. The standard InChI is InChI=1S/C39H57F2N5O/c1-4-5-6-7-8-9-10-11-12-13-14-15-16-17-18-19-38(47)45-25-21-33(22-26-45)34-29-36(44(3)35-28-32(2)20-24-42-35)43-37(30-34)46-27-23-39(40,41)31-46/h8-9,11-12,20,24,28-30,33H,4-7,10,13-19,21-23,25-27,31H2,1-3H3/b9-8+,12-11+. The molecule has 0 radical (unpaired) electrons. The number of allylic oxidation sites excluding steroid dienone is 4. The number of nitrogens with zero attached hydrogens (tertiary/aromatic N) is 5. The van der Waals surface area contributed by atoms with Gasteiger partial charge in [0.2, 0.25) is 5.91 Å². The van der Waals surface area contributed by atoms with Crippen LogP contribution in [0.3, 0.4) is 0 Å². The number of alkyl halides is 2. The smallest absolute Gasteiger partial charge is 0.266 e. The highest BCUT2D eigenvalue weighted by molar-refractivity contribution is 5.76. The molecule has 0 bridgehead atoms. The average Bonchev–Trinajstić information content (AvgIpc) is 3.45. The molecule has 6 nitrogen and oxygen atoms in total. The number of amides is 1. The van der Waals surface area contributed by atoms with E-state index in [2.05, 4.69) is 42.3 Å². The number of carbonyl (C=O) groups excluding carboxylic acids is 1. The molecular formula is C39H57F2N5O. The Morgan fingerprint density at radius 1 is 0.936 bits per heavy atom. The molecule has 4 heterocycles. The molecule has 1 amide bonds. The van der Waals surface area contributed by atoms with Crippen LogP contribution >= 0.6 is 0 Å². The summed E-state index contributed by atoms with van der Waals surface area (Å²) in [5.41, 5.74) is 2.19. The summed E-state index contributed by atoms with van der Waals surface area (Å²) in [5.74, 6) is -0.136. The predicted octanol–water partition coefficient (Wildman–Crippen LogP) is 9.92. The van der Waals surface area contributed by atoms with Crippen LogP contribution in [0.4, 0.5) is 26.2 Å². The normalized spacial score (nSPS) is 17.0. The highest BCUT2D eigenvalue weighted by Crippen LogP contribution is 2.36.